The Morgan fingerprint density at radius 3 is 2.48 bits per heavy atom. The number of rotatable bonds is 2. The summed E-state index contributed by atoms with van der Waals surface area (Å²) in [5, 5.41) is 0. The number of carbonyl (C=O) groups is 1. The lowest BCUT2D eigenvalue weighted by molar-refractivity contribution is -0.137. The van der Waals surface area contributed by atoms with Crippen molar-refractivity contribution in [1.29, 1.82) is 0 Å². The summed E-state index contributed by atoms with van der Waals surface area (Å²) in [5.74, 6) is -1.83. The molecule has 0 saturated carbocycles. The maximum absolute atomic E-state index is 13.3. The van der Waals surface area contributed by atoms with E-state index in [1.165, 1.54) is 0 Å². The quantitative estimate of drug-likeness (QED) is 0.632. The van der Waals surface area contributed by atoms with Crippen molar-refractivity contribution in [3.8, 4) is 11.3 Å². The topological polar surface area (TPSA) is 52.1 Å². The van der Waals surface area contributed by atoms with Gasteiger partial charge in [-0.2, -0.15) is 13.2 Å². The summed E-state index contributed by atoms with van der Waals surface area (Å²) in [4.78, 5) is 18.7. The number of esters is 1. The van der Waals surface area contributed by atoms with Gasteiger partial charge >= 0.3 is 12.1 Å². The summed E-state index contributed by atoms with van der Waals surface area (Å²) >= 11 is 0. The average molecular weight is 300 g/mol. The van der Waals surface area contributed by atoms with Crippen molar-refractivity contribution in [1.82, 2.24) is 9.97 Å². The van der Waals surface area contributed by atoms with Crippen molar-refractivity contribution in [2.45, 2.75) is 6.18 Å². The van der Waals surface area contributed by atoms with Gasteiger partial charge in [0.15, 0.2) is 5.69 Å². The normalized spacial score (nSPS) is 11.3. The Hall–Kier alpha value is -2.51. The van der Waals surface area contributed by atoms with E-state index in [9.17, 15) is 22.4 Å². The zero-order valence-corrected chi connectivity index (χ0v) is 10.6. The molecule has 1 aromatic carbocycles. The number of ether oxygens (including phenoxy) is 1. The molecule has 21 heavy (non-hydrogen) atoms. The van der Waals surface area contributed by atoms with Gasteiger partial charge in [0, 0.05) is 5.56 Å². The van der Waals surface area contributed by atoms with Crippen molar-refractivity contribution in [3.63, 3.8) is 0 Å². The summed E-state index contributed by atoms with van der Waals surface area (Å²) in [6.45, 7) is 0. The van der Waals surface area contributed by atoms with Crippen LogP contribution >= 0.6 is 0 Å². The Balaban J connectivity index is 2.52. The molecule has 0 unspecified atom stereocenters. The molecule has 1 heterocycles. The van der Waals surface area contributed by atoms with Gasteiger partial charge in [-0.25, -0.2) is 19.2 Å². The molecule has 0 bridgehead atoms. The van der Waals surface area contributed by atoms with Crippen LogP contribution in [0.2, 0.25) is 0 Å². The van der Waals surface area contributed by atoms with Gasteiger partial charge < -0.3 is 4.74 Å². The Morgan fingerprint density at radius 1 is 1.14 bits per heavy atom. The molecule has 0 radical (unpaired) electrons. The summed E-state index contributed by atoms with van der Waals surface area (Å²) in [6, 6.07) is 3.14. The first-order valence-corrected chi connectivity index (χ1v) is 5.60. The zero-order chi connectivity index (χ0) is 15.6. The van der Waals surface area contributed by atoms with E-state index in [0.29, 0.717) is 6.07 Å². The van der Waals surface area contributed by atoms with Crippen LogP contribution in [0.5, 0.6) is 0 Å². The SMILES string of the molecule is COC(=O)c1cc(-c2cc(F)cc(C(F)(F)F)c2)ncn1. The summed E-state index contributed by atoms with van der Waals surface area (Å²) < 4.78 is 55.7. The molecule has 8 heteroatoms. The van der Waals surface area contributed by atoms with E-state index in [1.54, 1.807) is 0 Å². The van der Waals surface area contributed by atoms with E-state index in [2.05, 4.69) is 14.7 Å². The molecule has 0 aliphatic heterocycles. The number of carbonyl (C=O) groups excluding carboxylic acids is 1. The zero-order valence-electron chi connectivity index (χ0n) is 10.6. The standard InChI is InChI=1S/C13H8F4N2O2/c1-21-12(20)11-5-10(18-6-19-11)7-2-8(13(15,16)17)4-9(14)3-7/h2-6H,1H3. The second kappa shape index (κ2) is 5.47. The van der Waals surface area contributed by atoms with Gasteiger partial charge in [0.1, 0.15) is 12.1 Å². The van der Waals surface area contributed by atoms with Gasteiger partial charge in [-0.15, -0.1) is 0 Å². The predicted molar refractivity (Wildman–Crippen MR) is 63.8 cm³/mol. The second-order valence-corrected chi connectivity index (χ2v) is 4.01. The van der Waals surface area contributed by atoms with Crippen LogP contribution in [0.1, 0.15) is 16.1 Å². The maximum Gasteiger partial charge on any atom is 0.416 e. The van der Waals surface area contributed by atoms with Gasteiger partial charge in [-0.05, 0) is 24.3 Å². The minimum absolute atomic E-state index is 0.0181. The fraction of sp³-hybridized carbons (Fsp3) is 0.154. The molecule has 0 saturated heterocycles. The van der Waals surface area contributed by atoms with Crippen molar-refractivity contribution >= 4 is 5.97 Å². The largest absolute Gasteiger partial charge is 0.464 e. The number of hydrogen-bond donors (Lipinski definition) is 0. The van der Waals surface area contributed by atoms with Gasteiger partial charge in [-0.1, -0.05) is 0 Å². The first kappa shape index (κ1) is 14.9. The minimum atomic E-state index is -4.69. The van der Waals surface area contributed by atoms with Gasteiger partial charge in [0.2, 0.25) is 0 Å². The molecule has 0 amide bonds. The first-order chi connectivity index (χ1) is 9.81. The monoisotopic (exact) mass is 300 g/mol. The van der Waals surface area contributed by atoms with E-state index in [-0.39, 0.29) is 17.0 Å². The third-order valence-corrected chi connectivity index (χ3v) is 2.58. The van der Waals surface area contributed by atoms with Crippen LogP contribution in [0.3, 0.4) is 0 Å². The molecule has 0 aliphatic rings. The summed E-state index contributed by atoms with van der Waals surface area (Å²) in [5.41, 5.74) is -1.42. The van der Waals surface area contributed by atoms with E-state index in [0.717, 1.165) is 31.6 Å². The van der Waals surface area contributed by atoms with Crippen LogP contribution in [-0.4, -0.2) is 23.0 Å². The van der Waals surface area contributed by atoms with Crippen LogP contribution in [0.25, 0.3) is 11.3 Å². The lowest BCUT2D eigenvalue weighted by Crippen LogP contribution is -2.07. The molecule has 0 atom stereocenters. The van der Waals surface area contributed by atoms with Crippen LogP contribution < -0.4 is 0 Å². The molecule has 0 aliphatic carbocycles. The number of aromatic nitrogens is 2. The summed E-state index contributed by atoms with van der Waals surface area (Å²) in [6.07, 6.45) is -3.70. The van der Waals surface area contributed by atoms with Gasteiger partial charge in [0.25, 0.3) is 0 Å². The fourth-order valence-electron chi connectivity index (χ4n) is 1.63. The smallest absolute Gasteiger partial charge is 0.416 e. The number of halogens is 4. The first-order valence-electron chi connectivity index (χ1n) is 5.60. The molecular weight excluding hydrogens is 292 g/mol. The van der Waals surface area contributed by atoms with E-state index < -0.39 is 23.5 Å². The van der Waals surface area contributed by atoms with Crippen LogP contribution in [0, 0.1) is 5.82 Å². The van der Waals surface area contributed by atoms with E-state index in [4.69, 9.17) is 0 Å². The molecule has 0 spiro atoms. The van der Waals surface area contributed by atoms with E-state index >= 15 is 0 Å². The Labute approximate surface area is 116 Å². The average Bonchev–Trinajstić information content (AvgIpc) is 2.45. The Kier molecular flexibility index (Phi) is 3.88. The third kappa shape index (κ3) is 3.33. The Bertz CT molecular complexity index is 686. The van der Waals surface area contributed by atoms with Crippen LogP contribution in [0.4, 0.5) is 17.6 Å². The number of alkyl halides is 3. The Morgan fingerprint density at radius 2 is 1.86 bits per heavy atom. The highest BCUT2D eigenvalue weighted by Gasteiger charge is 2.31. The second-order valence-electron chi connectivity index (χ2n) is 4.01. The molecule has 110 valence electrons. The number of methoxy groups -OCH3 is 1. The molecule has 1 aromatic heterocycles. The molecule has 2 rings (SSSR count). The molecular formula is C13H8F4N2O2. The van der Waals surface area contributed by atoms with Crippen molar-refractivity contribution < 1.29 is 27.1 Å². The molecule has 0 fully saturated rings. The number of benzene rings is 1. The minimum Gasteiger partial charge on any atom is -0.464 e. The number of hydrogen-bond acceptors (Lipinski definition) is 4. The molecule has 0 N–H and O–H groups in total. The number of nitrogens with zero attached hydrogens (tertiary/aromatic N) is 2. The van der Waals surface area contributed by atoms with E-state index in [1.807, 2.05) is 0 Å². The predicted octanol–water partition coefficient (Wildman–Crippen LogP) is 3.09. The third-order valence-electron chi connectivity index (χ3n) is 2.58. The highest BCUT2D eigenvalue weighted by molar-refractivity contribution is 5.88. The van der Waals surface area contributed by atoms with Crippen LogP contribution in [0.15, 0.2) is 30.6 Å². The van der Waals surface area contributed by atoms with Crippen LogP contribution in [-0.2, 0) is 10.9 Å². The summed E-state index contributed by atoms with van der Waals surface area (Å²) in [7, 11) is 1.13. The maximum atomic E-state index is 13.3. The van der Waals surface area contributed by atoms with Crippen molar-refractivity contribution in [3.05, 3.63) is 47.7 Å². The highest BCUT2D eigenvalue weighted by Crippen LogP contribution is 2.32. The van der Waals surface area contributed by atoms with Gasteiger partial charge in [0.05, 0.1) is 18.4 Å². The van der Waals surface area contributed by atoms with Crippen molar-refractivity contribution in [2.75, 3.05) is 7.11 Å². The van der Waals surface area contributed by atoms with Gasteiger partial charge in [-0.3, -0.25) is 0 Å². The highest BCUT2D eigenvalue weighted by atomic mass is 19.4. The lowest BCUT2D eigenvalue weighted by Gasteiger charge is -2.09. The van der Waals surface area contributed by atoms with Crippen molar-refractivity contribution in [2.24, 2.45) is 0 Å². The molecule has 4 nitrogen and oxygen atoms in total. The lowest BCUT2D eigenvalue weighted by atomic mass is 10.1. The molecule has 2 aromatic rings. The fourth-order valence-corrected chi connectivity index (χ4v) is 1.63.